The van der Waals surface area contributed by atoms with Crippen LogP contribution in [-0.2, 0) is 0 Å². The highest BCUT2D eigenvalue weighted by Gasteiger charge is 2.25. The molecule has 1 fully saturated rings. The summed E-state index contributed by atoms with van der Waals surface area (Å²) in [4.78, 5) is 4.18. The molecule has 0 radical (unpaired) electrons. The third kappa shape index (κ3) is 4.10. The first-order chi connectivity index (χ1) is 13.6. The Morgan fingerprint density at radius 1 is 0.964 bits per heavy atom. The molecule has 28 heavy (non-hydrogen) atoms. The Kier molecular flexibility index (Phi) is 5.45. The molecular weight excluding hydrogens is 362 g/mol. The minimum Gasteiger partial charge on any atom is -0.265 e. The molecule has 0 N–H and O–H groups in total. The van der Waals surface area contributed by atoms with Crippen molar-refractivity contribution in [2.45, 2.75) is 19.8 Å². The summed E-state index contributed by atoms with van der Waals surface area (Å²) < 4.78 is 0. The van der Waals surface area contributed by atoms with Crippen molar-refractivity contribution in [3.05, 3.63) is 102 Å². The van der Waals surface area contributed by atoms with Gasteiger partial charge in [0.15, 0.2) is 0 Å². The van der Waals surface area contributed by atoms with E-state index < -0.39 is 0 Å². The van der Waals surface area contributed by atoms with Gasteiger partial charge in [0.2, 0.25) is 0 Å². The Balaban J connectivity index is 1.87. The van der Waals surface area contributed by atoms with Crippen LogP contribution in [0.4, 0.5) is 0 Å². The summed E-state index contributed by atoms with van der Waals surface area (Å²) >= 11 is 6.24. The van der Waals surface area contributed by atoms with Gasteiger partial charge in [-0.25, -0.2) is 0 Å². The first kappa shape index (κ1) is 18.7. The van der Waals surface area contributed by atoms with Crippen LogP contribution in [-0.4, -0.2) is 4.98 Å². The van der Waals surface area contributed by atoms with E-state index in [2.05, 4.69) is 67.0 Å². The SMILES string of the molecule is C=C(Cl)/C=C(\C(=C/C1CC(C)C1)c1ccc2ccccc2c1)c1ccncc1. The van der Waals surface area contributed by atoms with Gasteiger partial charge in [-0.05, 0) is 82.0 Å². The van der Waals surface area contributed by atoms with Crippen molar-refractivity contribution < 1.29 is 0 Å². The molecule has 0 aliphatic heterocycles. The number of hydrogen-bond donors (Lipinski definition) is 0. The van der Waals surface area contributed by atoms with Crippen LogP contribution < -0.4 is 0 Å². The number of aromatic nitrogens is 1. The lowest BCUT2D eigenvalue weighted by Gasteiger charge is -2.31. The van der Waals surface area contributed by atoms with Crippen LogP contribution in [0, 0.1) is 11.8 Å². The van der Waals surface area contributed by atoms with E-state index in [9.17, 15) is 0 Å². The molecule has 4 rings (SSSR count). The van der Waals surface area contributed by atoms with Gasteiger partial charge in [-0.15, -0.1) is 0 Å². The lowest BCUT2D eigenvalue weighted by Crippen LogP contribution is -2.19. The zero-order valence-electron chi connectivity index (χ0n) is 16.1. The van der Waals surface area contributed by atoms with Gasteiger partial charge in [-0.2, -0.15) is 0 Å². The van der Waals surface area contributed by atoms with Crippen LogP contribution in [0.5, 0.6) is 0 Å². The van der Waals surface area contributed by atoms with Gasteiger partial charge < -0.3 is 0 Å². The van der Waals surface area contributed by atoms with Crippen LogP contribution >= 0.6 is 11.6 Å². The van der Waals surface area contributed by atoms with Gasteiger partial charge in [0.05, 0.1) is 0 Å². The maximum atomic E-state index is 6.24. The van der Waals surface area contributed by atoms with Gasteiger partial charge >= 0.3 is 0 Å². The van der Waals surface area contributed by atoms with Crippen LogP contribution in [0.25, 0.3) is 21.9 Å². The fraction of sp³-hybridized carbons (Fsp3) is 0.192. The Bertz CT molecular complexity index is 1060. The molecule has 0 bridgehead atoms. The van der Waals surface area contributed by atoms with E-state index in [1.807, 2.05) is 30.6 Å². The van der Waals surface area contributed by atoms with Gasteiger partial charge in [0.1, 0.15) is 0 Å². The highest BCUT2D eigenvalue weighted by atomic mass is 35.5. The zero-order valence-corrected chi connectivity index (χ0v) is 16.9. The molecule has 2 aromatic carbocycles. The van der Waals surface area contributed by atoms with Crippen molar-refractivity contribution in [3.8, 4) is 0 Å². The molecule has 140 valence electrons. The monoisotopic (exact) mass is 385 g/mol. The predicted octanol–water partition coefficient (Wildman–Crippen LogP) is 7.50. The maximum Gasteiger partial charge on any atom is 0.0340 e. The first-order valence-corrected chi connectivity index (χ1v) is 10.2. The molecule has 1 nitrogen and oxygen atoms in total. The summed E-state index contributed by atoms with van der Waals surface area (Å²) in [7, 11) is 0. The second-order valence-electron chi connectivity index (χ2n) is 7.72. The van der Waals surface area contributed by atoms with Crippen molar-refractivity contribution in [3.63, 3.8) is 0 Å². The molecule has 0 saturated heterocycles. The van der Waals surface area contributed by atoms with Crippen LogP contribution in [0.3, 0.4) is 0 Å². The van der Waals surface area contributed by atoms with E-state index in [1.165, 1.54) is 34.8 Å². The molecule has 0 unspecified atom stereocenters. The molecule has 1 heterocycles. The summed E-state index contributed by atoms with van der Waals surface area (Å²) in [5.41, 5.74) is 4.62. The van der Waals surface area contributed by atoms with E-state index in [1.54, 1.807) is 0 Å². The average Bonchev–Trinajstić information content (AvgIpc) is 2.69. The van der Waals surface area contributed by atoms with Crippen molar-refractivity contribution in [1.82, 2.24) is 4.98 Å². The Hall–Kier alpha value is -2.64. The molecule has 1 aromatic heterocycles. The minimum absolute atomic E-state index is 0.528. The first-order valence-electron chi connectivity index (χ1n) is 9.78. The molecule has 0 spiro atoms. The Morgan fingerprint density at radius 2 is 1.68 bits per heavy atom. The summed E-state index contributed by atoms with van der Waals surface area (Å²) in [5, 5.41) is 3.02. The fourth-order valence-corrected chi connectivity index (χ4v) is 4.15. The number of nitrogens with zero attached hydrogens (tertiary/aromatic N) is 1. The Labute approximate surface area is 172 Å². The van der Waals surface area contributed by atoms with Gasteiger partial charge in [-0.3, -0.25) is 4.98 Å². The summed E-state index contributed by atoms with van der Waals surface area (Å²) in [6, 6.07) is 19.2. The summed E-state index contributed by atoms with van der Waals surface area (Å²) in [6.45, 7) is 6.24. The van der Waals surface area contributed by atoms with Gasteiger partial charge in [-0.1, -0.05) is 67.6 Å². The number of halogens is 1. The third-order valence-electron chi connectivity index (χ3n) is 5.46. The number of pyridine rings is 1. The molecule has 3 aromatic rings. The van der Waals surface area contributed by atoms with Crippen LogP contribution in [0.2, 0.25) is 0 Å². The highest BCUT2D eigenvalue weighted by molar-refractivity contribution is 6.32. The molecule has 0 atom stereocenters. The van der Waals surface area contributed by atoms with Crippen LogP contribution in [0.15, 0.2) is 90.8 Å². The van der Waals surface area contributed by atoms with Crippen molar-refractivity contribution in [2.24, 2.45) is 11.8 Å². The fourth-order valence-electron chi connectivity index (χ4n) is 4.04. The molecule has 1 aliphatic carbocycles. The second-order valence-corrected chi connectivity index (χ2v) is 8.21. The number of rotatable bonds is 5. The topological polar surface area (TPSA) is 12.9 Å². The number of benzene rings is 2. The lowest BCUT2D eigenvalue weighted by atomic mass is 9.74. The average molecular weight is 386 g/mol. The molecular formula is C26H24ClN. The maximum absolute atomic E-state index is 6.24. The normalized spacial score (nSPS) is 20.1. The summed E-state index contributed by atoms with van der Waals surface area (Å²) in [6.07, 6.45) is 10.5. The second kappa shape index (κ2) is 8.16. The zero-order chi connectivity index (χ0) is 19.5. The predicted molar refractivity (Wildman–Crippen MR) is 121 cm³/mol. The standard InChI is InChI=1S/C26H24ClN/c1-18-13-20(14-18)16-26(24-8-7-21-5-3-4-6-23(21)17-24)25(15-19(2)27)22-9-11-28-12-10-22/h3-12,15-18,20H,2,13-14H2,1H3/b25-15-,26-16-. The van der Waals surface area contributed by atoms with E-state index >= 15 is 0 Å². The molecule has 0 amide bonds. The van der Waals surface area contributed by atoms with Gasteiger partial charge in [0, 0.05) is 17.4 Å². The summed E-state index contributed by atoms with van der Waals surface area (Å²) in [5.74, 6) is 1.40. The number of allylic oxidation sites excluding steroid dienone is 5. The highest BCUT2D eigenvalue weighted by Crippen LogP contribution is 2.40. The Morgan fingerprint density at radius 3 is 2.36 bits per heavy atom. The quantitative estimate of drug-likeness (QED) is 0.414. The number of hydrogen-bond acceptors (Lipinski definition) is 1. The largest absolute Gasteiger partial charge is 0.265 e. The smallest absolute Gasteiger partial charge is 0.0340 e. The van der Waals surface area contributed by atoms with Gasteiger partial charge in [0.25, 0.3) is 0 Å². The van der Waals surface area contributed by atoms with Crippen LogP contribution in [0.1, 0.15) is 30.9 Å². The van der Waals surface area contributed by atoms with E-state index in [0.29, 0.717) is 11.0 Å². The lowest BCUT2D eigenvalue weighted by molar-refractivity contribution is 0.263. The molecule has 2 heteroatoms. The van der Waals surface area contributed by atoms with E-state index in [-0.39, 0.29) is 0 Å². The minimum atomic E-state index is 0.528. The molecule has 1 saturated carbocycles. The third-order valence-corrected chi connectivity index (χ3v) is 5.56. The van der Waals surface area contributed by atoms with E-state index in [0.717, 1.165) is 17.1 Å². The van der Waals surface area contributed by atoms with E-state index in [4.69, 9.17) is 11.6 Å². The van der Waals surface area contributed by atoms with Crippen molar-refractivity contribution in [2.75, 3.05) is 0 Å². The van der Waals surface area contributed by atoms with Crippen molar-refractivity contribution in [1.29, 1.82) is 0 Å². The van der Waals surface area contributed by atoms with Crippen molar-refractivity contribution >= 4 is 33.5 Å². The number of fused-ring (bicyclic) bond motifs is 1. The molecule has 1 aliphatic rings.